The summed E-state index contributed by atoms with van der Waals surface area (Å²) < 4.78 is 0. The van der Waals surface area contributed by atoms with E-state index in [1.165, 1.54) is 5.56 Å². The average Bonchev–Trinajstić information content (AvgIpc) is 2.53. The number of nitrogens with zero attached hydrogens (tertiary/aromatic N) is 2. The van der Waals surface area contributed by atoms with Crippen LogP contribution in [0, 0.1) is 13.8 Å². The first-order valence-corrected chi connectivity index (χ1v) is 4.33. The quantitative estimate of drug-likeness (QED) is 0.664. The molecule has 0 saturated carbocycles. The third-order valence-corrected chi connectivity index (χ3v) is 1.77. The predicted octanol–water partition coefficient (Wildman–Crippen LogP) is 1.69. The number of nitrogen functional groups attached to an aromatic ring is 1. The first-order chi connectivity index (χ1) is 6.70. The maximum Gasteiger partial charge on any atom is 0.123 e. The van der Waals surface area contributed by atoms with Crippen molar-refractivity contribution in [3.63, 3.8) is 0 Å². The average molecular weight is 190 g/mol. The van der Waals surface area contributed by atoms with Crippen LogP contribution in [-0.4, -0.2) is 15.2 Å². The van der Waals surface area contributed by atoms with E-state index in [0.717, 1.165) is 5.69 Å². The minimum Gasteiger partial charge on any atom is -0.384 e. The monoisotopic (exact) mass is 190 g/mol. The standard InChI is InChI=1S/C5H8N2.C5H6N2/c1-4-3-6-7-5(4)2;6-5-3-1-2-4-7-5/h3H,1-2H3,(H,6,7);1-4H,(H2,6,7). The number of pyridine rings is 1. The molecule has 14 heavy (non-hydrogen) atoms. The Labute approximate surface area is 83.2 Å². The van der Waals surface area contributed by atoms with Crippen LogP contribution in [0.3, 0.4) is 0 Å². The van der Waals surface area contributed by atoms with Gasteiger partial charge in [0.2, 0.25) is 0 Å². The second-order valence-corrected chi connectivity index (χ2v) is 2.93. The molecule has 2 heterocycles. The Morgan fingerprint density at radius 2 is 2.07 bits per heavy atom. The summed E-state index contributed by atoms with van der Waals surface area (Å²) in [7, 11) is 0. The largest absolute Gasteiger partial charge is 0.384 e. The summed E-state index contributed by atoms with van der Waals surface area (Å²) in [5.41, 5.74) is 7.62. The van der Waals surface area contributed by atoms with Gasteiger partial charge in [0, 0.05) is 11.9 Å². The van der Waals surface area contributed by atoms with Gasteiger partial charge in [0.15, 0.2) is 0 Å². The number of nitrogens with one attached hydrogen (secondary N) is 1. The Morgan fingerprint density at radius 1 is 1.29 bits per heavy atom. The van der Waals surface area contributed by atoms with Crippen LogP contribution < -0.4 is 5.73 Å². The van der Waals surface area contributed by atoms with Crippen molar-refractivity contribution < 1.29 is 0 Å². The summed E-state index contributed by atoms with van der Waals surface area (Å²) in [5, 5.41) is 6.61. The van der Waals surface area contributed by atoms with Crippen LogP contribution in [0.15, 0.2) is 30.6 Å². The van der Waals surface area contributed by atoms with Crippen molar-refractivity contribution in [3.8, 4) is 0 Å². The molecule has 4 nitrogen and oxygen atoms in total. The molecule has 74 valence electrons. The Balaban J connectivity index is 0.000000140. The molecule has 2 aromatic heterocycles. The zero-order chi connectivity index (χ0) is 10.4. The highest BCUT2D eigenvalue weighted by Crippen LogP contribution is 1.96. The van der Waals surface area contributed by atoms with E-state index in [4.69, 9.17) is 5.73 Å². The van der Waals surface area contributed by atoms with Gasteiger partial charge < -0.3 is 5.73 Å². The summed E-state index contributed by atoms with van der Waals surface area (Å²) in [5.74, 6) is 0.572. The van der Waals surface area contributed by atoms with Gasteiger partial charge in [0.25, 0.3) is 0 Å². The number of nitrogens with two attached hydrogens (primary N) is 1. The van der Waals surface area contributed by atoms with Crippen LogP contribution in [-0.2, 0) is 0 Å². The van der Waals surface area contributed by atoms with Crippen molar-refractivity contribution in [2.24, 2.45) is 0 Å². The molecule has 0 unspecified atom stereocenters. The van der Waals surface area contributed by atoms with Gasteiger partial charge in [-0.1, -0.05) is 6.07 Å². The van der Waals surface area contributed by atoms with E-state index in [-0.39, 0.29) is 0 Å². The lowest BCUT2D eigenvalue weighted by molar-refractivity contribution is 1.04. The van der Waals surface area contributed by atoms with Crippen molar-refractivity contribution >= 4 is 5.82 Å². The maximum absolute atomic E-state index is 5.25. The van der Waals surface area contributed by atoms with Gasteiger partial charge in [-0.2, -0.15) is 5.10 Å². The Hall–Kier alpha value is -1.84. The molecular formula is C10H14N4. The number of aromatic nitrogens is 3. The fourth-order valence-corrected chi connectivity index (χ4v) is 0.787. The summed E-state index contributed by atoms with van der Waals surface area (Å²) in [6.07, 6.45) is 3.48. The minimum absolute atomic E-state index is 0.572. The van der Waals surface area contributed by atoms with E-state index in [0.29, 0.717) is 5.82 Å². The minimum atomic E-state index is 0.572. The molecule has 0 atom stereocenters. The highest BCUT2D eigenvalue weighted by molar-refractivity contribution is 5.25. The first-order valence-electron chi connectivity index (χ1n) is 4.33. The third-order valence-electron chi connectivity index (χ3n) is 1.77. The predicted molar refractivity (Wildman–Crippen MR) is 56.7 cm³/mol. The summed E-state index contributed by atoms with van der Waals surface area (Å²) in [6, 6.07) is 5.43. The second-order valence-electron chi connectivity index (χ2n) is 2.93. The molecule has 0 spiro atoms. The molecule has 0 aliphatic carbocycles. The van der Waals surface area contributed by atoms with Crippen molar-refractivity contribution in [2.45, 2.75) is 13.8 Å². The SMILES string of the molecule is Cc1cn[nH]c1C.Nc1ccccn1. The molecule has 0 amide bonds. The van der Waals surface area contributed by atoms with Gasteiger partial charge in [-0.3, -0.25) is 5.10 Å². The number of hydrogen-bond donors (Lipinski definition) is 2. The van der Waals surface area contributed by atoms with Crippen molar-refractivity contribution in [1.29, 1.82) is 0 Å². The normalized spacial score (nSPS) is 9.00. The smallest absolute Gasteiger partial charge is 0.123 e. The second kappa shape index (κ2) is 5.01. The van der Waals surface area contributed by atoms with Crippen molar-refractivity contribution in [2.75, 3.05) is 5.73 Å². The lowest BCUT2D eigenvalue weighted by atomic mass is 10.3. The lowest BCUT2D eigenvalue weighted by Gasteiger charge is -1.82. The van der Waals surface area contributed by atoms with Crippen LogP contribution in [0.2, 0.25) is 0 Å². The van der Waals surface area contributed by atoms with Crippen LogP contribution in [0.1, 0.15) is 11.3 Å². The molecule has 3 N–H and O–H groups in total. The number of anilines is 1. The number of aromatic amines is 1. The first kappa shape index (κ1) is 10.2. The number of hydrogen-bond acceptors (Lipinski definition) is 3. The van der Waals surface area contributed by atoms with Crippen molar-refractivity contribution in [1.82, 2.24) is 15.2 Å². The zero-order valence-electron chi connectivity index (χ0n) is 8.36. The van der Waals surface area contributed by atoms with Crippen LogP contribution >= 0.6 is 0 Å². The fraction of sp³-hybridized carbons (Fsp3) is 0.200. The molecule has 0 bridgehead atoms. The van der Waals surface area contributed by atoms with E-state index in [2.05, 4.69) is 15.2 Å². The zero-order valence-corrected chi connectivity index (χ0v) is 8.36. The highest BCUT2D eigenvalue weighted by atomic mass is 15.1. The lowest BCUT2D eigenvalue weighted by Crippen LogP contribution is -1.85. The van der Waals surface area contributed by atoms with Gasteiger partial charge >= 0.3 is 0 Å². The van der Waals surface area contributed by atoms with E-state index >= 15 is 0 Å². The van der Waals surface area contributed by atoms with Gasteiger partial charge in [-0.15, -0.1) is 0 Å². The van der Waals surface area contributed by atoms with Gasteiger partial charge in [0.05, 0.1) is 6.20 Å². The van der Waals surface area contributed by atoms with Crippen molar-refractivity contribution in [3.05, 3.63) is 41.9 Å². The van der Waals surface area contributed by atoms with E-state index in [1.807, 2.05) is 32.2 Å². The van der Waals surface area contributed by atoms with Crippen LogP contribution in [0.4, 0.5) is 5.82 Å². The molecule has 0 aliphatic rings. The molecule has 0 aromatic carbocycles. The molecule has 4 heteroatoms. The Morgan fingerprint density at radius 3 is 2.29 bits per heavy atom. The summed E-state index contributed by atoms with van der Waals surface area (Å²) in [4.78, 5) is 3.76. The summed E-state index contributed by atoms with van der Waals surface area (Å²) >= 11 is 0. The Kier molecular flexibility index (Phi) is 3.67. The molecule has 2 rings (SSSR count). The molecule has 0 aliphatic heterocycles. The third kappa shape index (κ3) is 3.26. The van der Waals surface area contributed by atoms with Crippen LogP contribution in [0.5, 0.6) is 0 Å². The topological polar surface area (TPSA) is 67.6 Å². The number of aryl methyl sites for hydroxylation is 2. The molecule has 0 saturated heterocycles. The fourth-order valence-electron chi connectivity index (χ4n) is 0.787. The van der Waals surface area contributed by atoms with Gasteiger partial charge in [-0.25, -0.2) is 4.98 Å². The van der Waals surface area contributed by atoms with Crippen LogP contribution in [0.25, 0.3) is 0 Å². The van der Waals surface area contributed by atoms with E-state index in [1.54, 1.807) is 12.3 Å². The van der Waals surface area contributed by atoms with Gasteiger partial charge in [0.1, 0.15) is 5.82 Å². The molecule has 0 radical (unpaired) electrons. The van der Waals surface area contributed by atoms with E-state index in [9.17, 15) is 0 Å². The maximum atomic E-state index is 5.25. The van der Waals surface area contributed by atoms with E-state index < -0.39 is 0 Å². The molecule has 0 fully saturated rings. The number of H-pyrrole nitrogens is 1. The Bertz CT molecular complexity index is 350. The molecule has 2 aromatic rings. The number of rotatable bonds is 0. The summed E-state index contributed by atoms with van der Waals surface area (Å²) in [6.45, 7) is 4.03. The molecular weight excluding hydrogens is 176 g/mol. The van der Waals surface area contributed by atoms with Gasteiger partial charge in [-0.05, 0) is 31.5 Å². The highest BCUT2D eigenvalue weighted by Gasteiger charge is 1.87.